The van der Waals surface area contributed by atoms with Crippen molar-refractivity contribution in [2.45, 2.75) is 12.5 Å². The molecular weight excluding hydrogens is 244 g/mol. The van der Waals surface area contributed by atoms with Gasteiger partial charge in [-0.3, -0.25) is 4.90 Å². The number of hydrogen-bond donors (Lipinski definition) is 1. The summed E-state index contributed by atoms with van der Waals surface area (Å²) in [6.07, 6.45) is 1.23. The van der Waals surface area contributed by atoms with Gasteiger partial charge in [0.05, 0.1) is 6.04 Å². The minimum Gasteiger partial charge on any atom is -0.330 e. The van der Waals surface area contributed by atoms with Gasteiger partial charge >= 0.3 is 0 Å². The number of nitrogens with two attached hydrogens (primary N) is 1. The van der Waals surface area contributed by atoms with Crippen LogP contribution in [0.5, 0.6) is 0 Å². The zero-order valence-corrected chi connectivity index (χ0v) is 11.6. The quantitative estimate of drug-likeness (QED) is 0.903. The Morgan fingerprint density at radius 2 is 1.55 bits per heavy atom. The van der Waals surface area contributed by atoms with Crippen molar-refractivity contribution in [2.24, 2.45) is 11.7 Å². The lowest BCUT2D eigenvalue weighted by molar-refractivity contribution is 0.274. The van der Waals surface area contributed by atoms with Gasteiger partial charge in [-0.1, -0.05) is 48.5 Å². The highest BCUT2D eigenvalue weighted by Crippen LogP contribution is 2.47. The maximum Gasteiger partial charge on any atom is 0.0614 e. The number of likely N-dealkylation sites (tertiary alicyclic amines) is 1. The van der Waals surface area contributed by atoms with Gasteiger partial charge in [-0.2, -0.15) is 0 Å². The van der Waals surface area contributed by atoms with Gasteiger partial charge in [0, 0.05) is 6.54 Å². The molecule has 0 saturated carbocycles. The van der Waals surface area contributed by atoms with E-state index in [1.54, 1.807) is 0 Å². The Labute approximate surface area is 120 Å². The van der Waals surface area contributed by atoms with E-state index >= 15 is 0 Å². The van der Waals surface area contributed by atoms with Crippen molar-refractivity contribution in [2.75, 3.05) is 19.6 Å². The Kier molecular flexibility index (Phi) is 2.86. The number of rotatable bonds is 2. The Balaban J connectivity index is 1.80. The molecule has 2 heteroatoms. The zero-order valence-electron chi connectivity index (χ0n) is 11.6. The standard InChI is InChI=1S/C18H20N2/c19-11-13-9-10-20(12-13)18-16-7-3-1-5-14(16)15-6-2-4-8-17(15)18/h1-8,13,18H,9-12,19H2. The molecule has 1 atom stereocenters. The second kappa shape index (κ2) is 4.72. The third-order valence-corrected chi connectivity index (χ3v) is 4.82. The average Bonchev–Trinajstić information content (AvgIpc) is 3.09. The third kappa shape index (κ3) is 1.72. The molecule has 1 aliphatic heterocycles. The van der Waals surface area contributed by atoms with Crippen LogP contribution in [0.2, 0.25) is 0 Å². The molecule has 0 amide bonds. The molecule has 102 valence electrons. The van der Waals surface area contributed by atoms with E-state index in [-0.39, 0.29) is 0 Å². The lowest BCUT2D eigenvalue weighted by Crippen LogP contribution is -2.27. The van der Waals surface area contributed by atoms with E-state index in [1.165, 1.54) is 28.7 Å². The highest BCUT2D eigenvalue weighted by molar-refractivity contribution is 5.78. The molecule has 0 aromatic heterocycles. The zero-order chi connectivity index (χ0) is 13.5. The molecule has 1 unspecified atom stereocenters. The minimum absolute atomic E-state index is 0.430. The topological polar surface area (TPSA) is 29.3 Å². The van der Waals surface area contributed by atoms with Crippen LogP contribution in [0.1, 0.15) is 23.6 Å². The molecule has 2 N–H and O–H groups in total. The summed E-state index contributed by atoms with van der Waals surface area (Å²) in [6.45, 7) is 3.10. The summed E-state index contributed by atoms with van der Waals surface area (Å²) in [5, 5.41) is 0. The number of benzene rings is 2. The maximum absolute atomic E-state index is 5.86. The van der Waals surface area contributed by atoms with Crippen LogP contribution in [0.25, 0.3) is 11.1 Å². The van der Waals surface area contributed by atoms with Crippen LogP contribution in [-0.2, 0) is 0 Å². The number of nitrogens with zero attached hydrogens (tertiary/aromatic N) is 1. The van der Waals surface area contributed by atoms with Gasteiger partial charge in [-0.25, -0.2) is 0 Å². The van der Waals surface area contributed by atoms with E-state index < -0.39 is 0 Å². The predicted octanol–water partition coefficient (Wildman–Crippen LogP) is 3.04. The summed E-state index contributed by atoms with van der Waals surface area (Å²) >= 11 is 0. The molecule has 0 spiro atoms. The van der Waals surface area contributed by atoms with E-state index in [4.69, 9.17) is 5.73 Å². The highest BCUT2D eigenvalue weighted by Gasteiger charge is 2.35. The van der Waals surface area contributed by atoms with E-state index in [0.29, 0.717) is 12.0 Å². The second-order valence-electron chi connectivity index (χ2n) is 5.96. The summed E-state index contributed by atoms with van der Waals surface area (Å²) in [7, 11) is 0. The SMILES string of the molecule is NCC1CCN(C2c3ccccc3-c3ccccc32)C1. The molecule has 0 bridgehead atoms. The molecule has 1 aliphatic carbocycles. The highest BCUT2D eigenvalue weighted by atomic mass is 15.2. The summed E-state index contributed by atoms with van der Waals surface area (Å²) < 4.78 is 0. The first-order valence-electron chi connectivity index (χ1n) is 7.51. The van der Waals surface area contributed by atoms with Crippen molar-refractivity contribution in [3.05, 3.63) is 59.7 Å². The Bertz CT molecular complexity index is 589. The molecule has 4 rings (SSSR count). The fraction of sp³-hybridized carbons (Fsp3) is 0.333. The van der Waals surface area contributed by atoms with Gasteiger partial charge in [0.2, 0.25) is 0 Å². The summed E-state index contributed by atoms with van der Waals surface area (Å²) in [6, 6.07) is 18.1. The molecule has 1 fully saturated rings. The normalized spacial score (nSPS) is 21.9. The van der Waals surface area contributed by atoms with E-state index in [1.807, 2.05) is 0 Å². The summed E-state index contributed by atoms with van der Waals surface area (Å²) in [5.74, 6) is 0.662. The lowest BCUT2D eigenvalue weighted by atomic mass is 10.0. The molecule has 2 aromatic rings. The Morgan fingerprint density at radius 1 is 0.950 bits per heavy atom. The van der Waals surface area contributed by atoms with Crippen molar-refractivity contribution in [3.8, 4) is 11.1 Å². The van der Waals surface area contributed by atoms with Crippen LogP contribution in [0, 0.1) is 5.92 Å². The number of fused-ring (bicyclic) bond motifs is 3. The van der Waals surface area contributed by atoms with Gasteiger partial charge in [-0.15, -0.1) is 0 Å². The molecule has 1 saturated heterocycles. The van der Waals surface area contributed by atoms with Gasteiger partial charge in [-0.05, 0) is 47.7 Å². The van der Waals surface area contributed by atoms with Gasteiger partial charge in [0.25, 0.3) is 0 Å². The van der Waals surface area contributed by atoms with Gasteiger partial charge in [0.15, 0.2) is 0 Å². The van der Waals surface area contributed by atoms with E-state index in [0.717, 1.165) is 19.6 Å². The first-order chi connectivity index (χ1) is 9.88. The van der Waals surface area contributed by atoms with E-state index in [9.17, 15) is 0 Å². The Hall–Kier alpha value is -1.64. The van der Waals surface area contributed by atoms with Crippen LogP contribution in [0.15, 0.2) is 48.5 Å². The summed E-state index contributed by atoms with van der Waals surface area (Å²) in [5.41, 5.74) is 11.6. The third-order valence-electron chi connectivity index (χ3n) is 4.82. The van der Waals surface area contributed by atoms with Crippen LogP contribution in [-0.4, -0.2) is 24.5 Å². The van der Waals surface area contributed by atoms with Crippen LogP contribution in [0.4, 0.5) is 0 Å². The van der Waals surface area contributed by atoms with Crippen molar-refractivity contribution >= 4 is 0 Å². The molecule has 0 radical (unpaired) electrons. The average molecular weight is 264 g/mol. The van der Waals surface area contributed by atoms with E-state index in [2.05, 4.69) is 53.4 Å². The summed E-state index contributed by atoms with van der Waals surface area (Å²) in [4.78, 5) is 2.61. The molecule has 2 aliphatic rings. The first kappa shape index (κ1) is 12.1. The van der Waals surface area contributed by atoms with Crippen molar-refractivity contribution in [1.82, 2.24) is 4.90 Å². The monoisotopic (exact) mass is 264 g/mol. The van der Waals surface area contributed by atoms with Crippen molar-refractivity contribution < 1.29 is 0 Å². The number of hydrogen-bond acceptors (Lipinski definition) is 2. The largest absolute Gasteiger partial charge is 0.330 e. The van der Waals surface area contributed by atoms with Crippen molar-refractivity contribution in [1.29, 1.82) is 0 Å². The fourth-order valence-corrected chi connectivity index (χ4v) is 3.81. The van der Waals surface area contributed by atoms with Crippen LogP contribution < -0.4 is 5.73 Å². The van der Waals surface area contributed by atoms with Gasteiger partial charge in [0.1, 0.15) is 0 Å². The first-order valence-corrected chi connectivity index (χ1v) is 7.51. The minimum atomic E-state index is 0.430. The lowest BCUT2D eigenvalue weighted by Gasteiger charge is -2.26. The molecule has 2 nitrogen and oxygen atoms in total. The fourth-order valence-electron chi connectivity index (χ4n) is 3.81. The Morgan fingerprint density at radius 3 is 2.10 bits per heavy atom. The maximum atomic E-state index is 5.86. The molecule has 1 heterocycles. The van der Waals surface area contributed by atoms with Crippen molar-refractivity contribution in [3.63, 3.8) is 0 Å². The predicted molar refractivity (Wildman–Crippen MR) is 82.5 cm³/mol. The smallest absolute Gasteiger partial charge is 0.0614 e. The molecular formula is C18H20N2. The van der Waals surface area contributed by atoms with Crippen LogP contribution >= 0.6 is 0 Å². The molecule has 2 aromatic carbocycles. The molecule has 20 heavy (non-hydrogen) atoms. The van der Waals surface area contributed by atoms with Gasteiger partial charge < -0.3 is 5.73 Å². The van der Waals surface area contributed by atoms with Crippen LogP contribution in [0.3, 0.4) is 0 Å². The second-order valence-corrected chi connectivity index (χ2v) is 5.96.